The fourth-order valence-corrected chi connectivity index (χ4v) is 1.88. The molecule has 4 nitrogen and oxygen atoms in total. The van der Waals surface area contributed by atoms with Crippen LogP contribution >= 0.6 is 12.4 Å². The Morgan fingerprint density at radius 3 is 2.62 bits per heavy atom. The summed E-state index contributed by atoms with van der Waals surface area (Å²) in [4.78, 5) is 13.8. The third-order valence-electron chi connectivity index (χ3n) is 3.10. The standard InChI is InChI=1S/C11H22N2O2.ClH/c1-11(2,10(14)15-3)5-7-13-6-4-9(12)8-13;/h9H,4-8,12H2,1-3H3;1H/t9-;/m1./s1. The highest BCUT2D eigenvalue weighted by Crippen LogP contribution is 2.23. The molecule has 96 valence electrons. The van der Waals surface area contributed by atoms with Crippen molar-refractivity contribution in [2.75, 3.05) is 26.7 Å². The molecule has 1 aliphatic rings. The first kappa shape index (κ1) is 15.7. The van der Waals surface area contributed by atoms with E-state index in [1.54, 1.807) is 0 Å². The van der Waals surface area contributed by atoms with Gasteiger partial charge in [0, 0.05) is 12.6 Å². The lowest BCUT2D eigenvalue weighted by molar-refractivity contribution is -0.151. The van der Waals surface area contributed by atoms with Crippen molar-refractivity contribution in [3.63, 3.8) is 0 Å². The summed E-state index contributed by atoms with van der Waals surface area (Å²) in [5.41, 5.74) is 5.43. The lowest BCUT2D eigenvalue weighted by atomic mass is 9.89. The molecule has 0 spiro atoms. The molecule has 0 aromatic carbocycles. The molecule has 0 amide bonds. The Kier molecular flexibility index (Phi) is 6.30. The summed E-state index contributed by atoms with van der Waals surface area (Å²) in [6, 6.07) is 0.311. The Morgan fingerprint density at radius 2 is 2.19 bits per heavy atom. The van der Waals surface area contributed by atoms with E-state index < -0.39 is 0 Å². The second-order valence-electron chi connectivity index (χ2n) is 4.97. The smallest absolute Gasteiger partial charge is 0.311 e. The number of hydrogen-bond acceptors (Lipinski definition) is 4. The Morgan fingerprint density at radius 1 is 1.56 bits per heavy atom. The molecule has 1 fully saturated rings. The summed E-state index contributed by atoms with van der Waals surface area (Å²) in [6.07, 6.45) is 1.89. The van der Waals surface area contributed by atoms with Crippen molar-refractivity contribution in [2.24, 2.45) is 11.1 Å². The van der Waals surface area contributed by atoms with Crippen molar-refractivity contribution < 1.29 is 9.53 Å². The fraction of sp³-hybridized carbons (Fsp3) is 0.909. The normalized spacial score (nSPS) is 21.6. The minimum absolute atomic E-state index is 0. The van der Waals surface area contributed by atoms with Crippen LogP contribution in [0, 0.1) is 5.41 Å². The average molecular weight is 251 g/mol. The zero-order valence-electron chi connectivity index (χ0n) is 10.4. The summed E-state index contributed by atoms with van der Waals surface area (Å²) in [6.45, 7) is 6.79. The number of rotatable bonds is 4. The molecule has 0 radical (unpaired) electrons. The highest BCUT2D eigenvalue weighted by Gasteiger charge is 2.30. The number of hydrogen-bond donors (Lipinski definition) is 1. The molecule has 1 atom stereocenters. The van der Waals surface area contributed by atoms with Gasteiger partial charge < -0.3 is 15.4 Å². The zero-order valence-corrected chi connectivity index (χ0v) is 11.2. The highest BCUT2D eigenvalue weighted by molar-refractivity contribution is 5.85. The maximum Gasteiger partial charge on any atom is 0.311 e. The van der Waals surface area contributed by atoms with Gasteiger partial charge in [0.05, 0.1) is 12.5 Å². The van der Waals surface area contributed by atoms with Crippen LogP contribution in [0.5, 0.6) is 0 Å². The van der Waals surface area contributed by atoms with Gasteiger partial charge in [0.15, 0.2) is 0 Å². The van der Waals surface area contributed by atoms with Crippen LogP contribution in [0.2, 0.25) is 0 Å². The van der Waals surface area contributed by atoms with E-state index in [0.717, 1.165) is 32.5 Å². The van der Waals surface area contributed by atoms with Gasteiger partial charge in [-0.15, -0.1) is 12.4 Å². The molecule has 1 saturated heterocycles. The van der Waals surface area contributed by atoms with Gasteiger partial charge in [0.1, 0.15) is 0 Å². The predicted octanol–water partition coefficient (Wildman–Crippen LogP) is 1.03. The van der Waals surface area contributed by atoms with Crippen LogP contribution in [0.4, 0.5) is 0 Å². The van der Waals surface area contributed by atoms with Crippen molar-refractivity contribution in [3.8, 4) is 0 Å². The summed E-state index contributed by atoms with van der Waals surface area (Å²) < 4.78 is 4.77. The summed E-state index contributed by atoms with van der Waals surface area (Å²) >= 11 is 0. The first-order valence-corrected chi connectivity index (χ1v) is 5.52. The Balaban J connectivity index is 0.00000225. The molecule has 0 unspecified atom stereocenters. The van der Waals surface area contributed by atoms with E-state index in [1.165, 1.54) is 7.11 Å². The van der Waals surface area contributed by atoms with Crippen molar-refractivity contribution in [2.45, 2.75) is 32.7 Å². The number of nitrogens with two attached hydrogens (primary N) is 1. The third-order valence-corrected chi connectivity index (χ3v) is 3.10. The quantitative estimate of drug-likeness (QED) is 0.758. The predicted molar refractivity (Wildman–Crippen MR) is 66.7 cm³/mol. The maximum absolute atomic E-state index is 11.4. The molecule has 5 heteroatoms. The minimum Gasteiger partial charge on any atom is -0.469 e. The topological polar surface area (TPSA) is 55.6 Å². The number of halogens is 1. The van der Waals surface area contributed by atoms with E-state index in [0.29, 0.717) is 6.04 Å². The molecule has 0 bridgehead atoms. The first-order valence-electron chi connectivity index (χ1n) is 5.52. The SMILES string of the molecule is COC(=O)C(C)(C)CCN1CC[C@@H](N)C1.Cl. The summed E-state index contributed by atoms with van der Waals surface area (Å²) in [5.74, 6) is -0.133. The average Bonchev–Trinajstić information content (AvgIpc) is 2.60. The van der Waals surface area contributed by atoms with E-state index >= 15 is 0 Å². The number of nitrogens with zero attached hydrogens (tertiary/aromatic N) is 1. The number of carbonyl (C=O) groups excluding carboxylic acids is 1. The van der Waals surface area contributed by atoms with Gasteiger partial charge >= 0.3 is 5.97 Å². The van der Waals surface area contributed by atoms with Crippen LogP contribution in [0.1, 0.15) is 26.7 Å². The van der Waals surface area contributed by atoms with Crippen LogP contribution < -0.4 is 5.73 Å². The number of likely N-dealkylation sites (tertiary alicyclic amines) is 1. The number of esters is 1. The van der Waals surface area contributed by atoms with Crippen molar-refractivity contribution in [1.82, 2.24) is 4.90 Å². The Hall–Kier alpha value is -0.320. The minimum atomic E-state index is -0.387. The van der Waals surface area contributed by atoms with Crippen molar-refractivity contribution in [3.05, 3.63) is 0 Å². The third kappa shape index (κ3) is 4.28. The second kappa shape index (κ2) is 6.42. The Labute approximate surface area is 104 Å². The van der Waals surface area contributed by atoms with E-state index in [1.807, 2.05) is 13.8 Å². The van der Waals surface area contributed by atoms with Crippen LogP contribution in [-0.2, 0) is 9.53 Å². The van der Waals surface area contributed by atoms with Crippen LogP contribution in [0.25, 0.3) is 0 Å². The maximum atomic E-state index is 11.4. The van der Waals surface area contributed by atoms with Crippen LogP contribution in [0.3, 0.4) is 0 Å². The van der Waals surface area contributed by atoms with Crippen LogP contribution in [0.15, 0.2) is 0 Å². The molecular formula is C11H23ClN2O2. The van der Waals surface area contributed by atoms with Crippen LogP contribution in [-0.4, -0.2) is 43.7 Å². The van der Waals surface area contributed by atoms with Crippen molar-refractivity contribution in [1.29, 1.82) is 0 Å². The molecule has 1 aliphatic heterocycles. The molecule has 0 aliphatic carbocycles. The molecule has 2 N–H and O–H groups in total. The molecule has 0 saturated carbocycles. The molecule has 1 heterocycles. The molecule has 0 aromatic heterocycles. The molecular weight excluding hydrogens is 228 g/mol. The van der Waals surface area contributed by atoms with Gasteiger partial charge in [-0.2, -0.15) is 0 Å². The van der Waals surface area contributed by atoms with Gasteiger partial charge in [0.25, 0.3) is 0 Å². The monoisotopic (exact) mass is 250 g/mol. The summed E-state index contributed by atoms with van der Waals surface area (Å²) in [7, 11) is 1.44. The highest BCUT2D eigenvalue weighted by atomic mass is 35.5. The lowest BCUT2D eigenvalue weighted by Gasteiger charge is -2.24. The fourth-order valence-electron chi connectivity index (χ4n) is 1.88. The van der Waals surface area contributed by atoms with Gasteiger partial charge in [-0.25, -0.2) is 0 Å². The van der Waals surface area contributed by atoms with E-state index in [-0.39, 0.29) is 23.8 Å². The molecule has 1 rings (SSSR count). The largest absolute Gasteiger partial charge is 0.469 e. The summed E-state index contributed by atoms with van der Waals surface area (Å²) in [5, 5.41) is 0. The first-order chi connectivity index (χ1) is 6.95. The van der Waals surface area contributed by atoms with Gasteiger partial charge in [0.2, 0.25) is 0 Å². The van der Waals surface area contributed by atoms with Gasteiger partial charge in [-0.1, -0.05) is 0 Å². The lowest BCUT2D eigenvalue weighted by Crippen LogP contribution is -2.33. The van der Waals surface area contributed by atoms with E-state index in [4.69, 9.17) is 10.5 Å². The van der Waals surface area contributed by atoms with Crippen molar-refractivity contribution >= 4 is 18.4 Å². The number of methoxy groups -OCH3 is 1. The van der Waals surface area contributed by atoms with E-state index in [2.05, 4.69) is 4.90 Å². The van der Waals surface area contributed by atoms with E-state index in [9.17, 15) is 4.79 Å². The molecule has 0 aromatic rings. The molecule has 16 heavy (non-hydrogen) atoms. The van der Waals surface area contributed by atoms with Gasteiger partial charge in [-0.05, 0) is 39.8 Å². The Bertz CT molecular complexity index is 234. The van der Waals surface area contributed by atoms with Gasteiger partial charge in [-0.3, -0.25) is 4.79 Å². The second-order valence-corrected chi connectivity index (χ2v) is 4.97. The number of ether oxygens (including phenoxy) is 1. The number of carbonyl (C=O) groups is 1. The zero-order chi connectivity index (χ0) is 11.5.